The highest BCUT2D eigenvalue weighted by Crippen LogP contribution is 2.21. The van der Waals surface area contributed by atoms with Gasteiger partial charge in [0, 0.05) is 45.1 Å². The molecule has 1 aromatic heterocycles. The van der Waals surface area contributed by atoms with Crippen LogP contribution in [0.25, 0.3) is 0 Å². The Kier molecular flexibility index (Phi) is 7.03. The Morgan fingerprint density at radius 1 is 1.32 bits per heavy atom. The molecule has 152 valence electrons. The van der Waals surface area contributed by atoms with Gasteiger partial charge in [-0.25, -0.2) is 9.37 Å². The monoisotopic (exact) mass is 389 g/mol. The molecule has 0 radical (unpaired) electrons. The average molecular weight is 389 g/mol. The Morgan fingerprint density at radius 2 is 2.11 bits per heavy atom. The third-order valence-electron chi connectivity index (χ3n) is 5.18. The molecular formula is C21H28FN3O3. The molecule has 1 unspecified atom stereocenters. The number of carbonyl (C=O) groups is 1. The van der Waals surface area contributed by atoms with E-state index in [1.807, 2.05) is 11.1 Å². The number of aromatic nitrogens is 2. The molecule has 0 saturated carbocycles. The predicted octanol–water partition coefficient (Wildman–Crippen LogP) is 2.84. The third kappa shape index (κ3) is 5.32. The van der Waals surface area contributed by atoms with Crippen LogP contribution in [-0.2, 0) is 22.5 Å². The summed E-state index contributed by atoms with van der Waals surface area (Å²) in [5.74, 6) is 1.58. The van der Waals surface area contributed by atoms with Gasteiger partial charge in [-0.05, 0) is 49.9 Å². The molecule has 0 N–H and O–H groups in total. The van der Waals surface area contributed by atoms with E-state index in [1.54, 1.807) is 7.11 Å². The number of benzene rings is 1. The van der Waals surface area contributed by atoms with Crippen molar-refractivity contribution in [3.63, 3.8) is 0 Å². The van der Waals surface area contributed by atoms with Gasteiger partial charge in [0.2, 0.25) is 0 Å². The molecule has 0 aliphatic carbocycles. The molecule has 1 atom stereocenters. The number of amides is 1. The number of halogens is 1. The Hall–Kier alpha value is -2.41. The fourth-order valence-corrected chi connectivity index (χ4v) is 3.65. The largest absolute Gasteiger partial charge is 0.484 e. The van der Waals surface area contributed by atoms with Crippen molar-refractivity contribution in [2.24, 2.45) is 5.92 Å². The van der Waals surface area contributed by atoms with Crippen LogP contribution in [0.2, 0.25) is 0 Å². The van der Waals surface area contributed by atoms with Gasteiger partial charge >= 0.3 is 0 Å². The minimum Gasteiger partial charge on any atom is -0.484 e. The van der Waals surface area contributed by atoms with Gasteiger partial charge in [-0.1, -0.05) is 0 Å². The van der Waals surface area contributed by atoms with E-state index in [9.17, 15) is 9.18 Å². The van der Waals surface area contributed by atoms with Crippen LogP contribution in [0.15, 0.2) is 30.5 Å². The van der Waals surface area contributed by atoms with Gasteiger partial charge in [-0.3, -0.25) is 4.79 Å². The Labute approximate surface area is 165 Å². The minimum atomic E-state index is -0.323. The lowest BCUT2D eigenvalue weighted by Crippen LogP contribution is -2.43. The van der Waals surface area contributed by atoms with E-state index in [1.165, 1.54) is 24.3 Å². The second-order valence-corrected chi connectivity index (χ2v) is 7.25. The summed E-state index contributed by atoms with van der Waals surface area (Å²) in [7, 11) is 1.70. The zero-order valence-electron chi connectivity index (χ0n) is 16.6. The van der Waals surface area contributed by atoms with Gasteiger partial charge < -0.3 is 18.9 Å². The van der Waals surface area contributed by atoms with Crippen LogP contribution < -0.4 is 4.74 Å². The lowest BCUT2D eigenvalue weighted by Gasteiger charge is -2.32. The van der Waals surface area contributed by atoms with E-state index in [2.05, 4.69) is 16.5 Å². The molecule has 6 nitrogen and oxygen atoms in total. The van der Waals surface area contributed by atoms with Crippen molar-refractivity contribution in [3.05, 3.63) is 47.8 Å². The lowest BCUT2D eigenvalue weighted by molar-refractivity contribution is -0.135. The zero-order valence-corrected chi connectivity index (χ0v) is 16.6. The lowest BCUT2D eigenvalue weighted by atomic mass is 9.94. The number of ether oxygens (including phenoxy) is 2. The average Bonchev–Trinajstić information content (AvgIpc) is 3.05. The van der Waals surface area contributed by atoms with Gasteiger partial charge in [-0.15, -0.1) is 0 Å². The SMILES string of the molecule is COCCn1c(C)cnc1CC1CCCN(C(=O)COc2ccc(F)cc2)C1. The predicted molar refractivity (Wildman–Crippen MR) is 104 cm³/mol. The van der Waals surface area contributed by atoms with E-state index in [4.69, 9.17) is 9.47 Å². The zero-order chi connectivity index (χ0) is 19.9. The van der Waals surface area contributed by atoms with Gasteiger partial charge in [0.05, 0.1) is 6.61 Å². The summed E-state index contributed by atoms with van der Waals surface area (Å²) in [5, 5.41) is 0. The molecule has 1 fully saturated rings. The molecule has 1 aliphatic heterocycles. The molecule has 2 heterocycles. The molecule has 0 bridgehead atoms. The number of imidazole rings is 1. The van der Waals surface area contributed by atoms with Crippen LogP contribution in [0.4, 0.5) is 4.39 Å². The number of piperidine rings is 1. The van der Waals surface area contributed by atoms with Crippen molar-refractivity contribution in [2.75, 3.05) is 33.4 Å². The molecule has 28 heavy (non-hydrogen) atoms. The van der Waals surface area contributed by atoms with E-state index >= 15 is 0 Å². The highest BCUT2D eigenvalue weighted by atomic mass is 19.1. The maximum absolute atomic E-state index is 13.0. The van der Waals surface area contributed by atoms with Crippen LogP contribution in [-0.4, -0.2) is 53.8 Å². The van der Waals surface area contributed by atoms with Crippen molar-refractivity contribution in [3.8, 4) is 5.75 Å². The summed E-state index contributed by atoms with van der Waals surface area (Å²) in [6.45, 7) is 4.93. The summed E-state index contributed by atoms with van der Waals surface area (Å²) in [6, 6.07) is 5.71. The molecule has 0 spiro atoms. The number of methoxy groups -OCH3 is 1. The van der Waals surface area contributed by atoms with Gasteiger partial charge in [0.15, 0.2) is 6.61 Å². The second kappa shape index (κ2) is 9.68. The molecule has 1 amide bonds. The van der Waals surface area contributed by atoms with Crippen LogP contribution >= 0.6 is 0 Å². The number of aryl methyl sites for hydroxylation is 1. The fraction of sp³-hybridized carbons (Fsp3) is 0.524. The first kappa shape index (κ1) is 20.3. The van der Waals surface area contributed by atoms with Crippen LogP contribution in [0.3, 0.4) is 0 Å². The summed E-state index contributed by atoms with van der Waals surface area (Å²) < 4.78 is 25.9. The summed E-state index contributed by atoms with van der Waals surface area (Å²) in [6.07, 6.45) is 4.80. The molecule has 1 saturated heterocycles. The van der Waals surface area contributed by atoms with Crippen LogP contribution in [0.5, 0.6) is 5.75 Å². The highest BCUT2D eigenvalue weighted by Gasteiger charge is 2.25. The summed E-state index contributed by atoms with van der Waals surface area (Å²) >= 11 is 0. The Bertz CT molecular complexity index is 776. The molecule has 1 aromatic carbocycles. The first-order valence-electron chi connectivity index (χ1n) is 9.73. The first-order valence-corrected chi connectivity index (χ1v) is 9.73. The molecular weight excluding hydrogens is 361 g/mol. The molecule has 1 aliphatic rings. The molecule has 2 aromatic rings. The van der Waals surface area contributed by atoms with Crippen molar-refractivity contribution < 1.29 is 18.7 Å². The standard InChI is InChI=1S/C21H28FN3O3/c1-16-13-23-20(25(16)10-11-27-2)12-17-4-3-9-24(14-17)21(26)15-28-19-7-5-18(22)6-8-19/h5-8,13,17H,3-4,9-12,14-15H2,1-2H3. The Morgan fingerprint density at radius 3 is 2.86 bits per heavy atom. The molecule has 7 heteroatoms. The quantitative estimate of drug-likeness (QED) is 0.697. The van der Waals surface area contributed by atoms with E-state index in [0.717, 1.165) is 43.9 Å². The normalized spacial score (nSPS) is 17.0. The van der Waals surface area contributed by atoms with Crippen molar-refractivity contribution in [1.82, 2.24) is 14.5 Å². The minimum absolute atomic E-state index is 0.0279. The van der Waals surface area contributed by atoms with Crippen LogP contribution in [0.1, 0.15) is 24.4 Å². The van der Waals surface area contributed by atoms with Crippen molar-refractivity contribution >= 4 is 5.91 Å². The van der Waals surface area contributed by atoms with Crippen molar-refractivity contribution in [2.45, 2.75) is 32.7 Å². The number of hydrogen-bond donors (Lipinski definition) is 0. The Balaban J connectivity index is 1.53. The highest BCUT2D eigenvalue weighted by molar-refractivity contribution is 5.77. The smallest absolute Gasteiger partial charge is 0.260 e. The van der Waals surface area contributed by atoms with Gasteiger partial charge in [0.25, 0.3) is 5.91 Å². The number of rotatable bonds is 8. The number of hydrogen-bond acceptors (Lipinski definition) is 4. The second-order valence-electron chi connectivity index (χ2n) is 7.25. The van der Waals surface area contributed by atoms with E-state index < -0.39 is 0 Å². The number of nitrogens with zero attached hydrogens (tertiary/aromatic N) is 3. The van der Waals surface area contributed by atoms with Gasteiger partial charge in [-0.2, -0.15) is 0 Å². The fourth-order valence-electron chi connectivity index (χ4n) is 3.65. The topological polar surface area (TPSA) is 56.6 Å². The third-order valence-corrected chi connectivity index (χ3v) is 5.18. The van der Waals surface area contributed by atoms with E-state index in [-0.39, 0.29) is 18.3 Å². The maximum Gasteiger partial charge on any atom is 0.260 e. The summed E-state index contributed by atoms with van der Waals surface area (Å²) in [4.78, 5) is 19.0. The first-order chi connectivity index (χ1) is 13.6. The molecule has 3 rings (SSSR count). The van der Waals surface area contributed by atoms with E-state index in [0.29, 0.717) is 24.8 Å². The van der Waals surface area contributed by atoms with Crippen molar-refractivity contribution in [1.29, 1.82) is 0 Å². The number of likely N-dealkylation sites (tertiary alicyclic amines) is 1. The maximum atomic E-state index is 13.0. The van der Waals surface area contributed by atoms with Gasteiger partial charge in [0.1, 0.15) is 17.4 Å². The summed E-state index contributed by atoms with van der Waals surface area (Å²) in [5.41, 5.74) is 1.13. The number of carbonyl (C=O) groups excluding carboxylic acids is 1. The van der Waals surface area contributed by atoms with Crippen LogP contribution in [0, 0.1) is 18.7 Å².